The normalized spacial score (nSPS) is 23.8. The second-order valence-corrected chi connectivity index (χ2v) is 9.31. The van der Waals surface area contributed by atoms with E-state index in [9.17, 15) is 14.4 Å². The lowest BCUT2D eigenvalue weighted by molar-refractivity contribution is -0.133. The van der Waals surface area contributed by atoms with Crippen LogP contribution in [-0.2, 0) is 9.59 Å². The van der Waals surface area contributed by atoms with Crippen molar-refractivity contribution in [3.63, 3.8) is 0 Å². The first-order valence-corrected chi connectivity index (χ1v) is 11.7. The van der Waals surface area contributed by atoms with Gasteiger partial charge in [-0.25, -0.2) is 4.79 Å². The van der Waals surface area contributed by atoms with Gasteiger partial charge >= 0.3 is 5.97 Å². The lowest BCUT2D eigenvalue weighted by Crippen LogP contribution is -2.52. The van der Waals surface area contributed by atoms with Crippen LogP contribution in [0.1, 0.15) is 54.1 Å². The number of hydrogen-bond acceptors (Lipinski definition) is 3. The minimum Gasteiger partial charge on any atom is -0.478 e. The number of rotatable bonds is 6. The number of anilines is 1. The Balaban J connectivity index is 1.58. The van der Waals surface area contributed by atoms with Crippen LogP contribution in [-0.4, -0.2) is 40.4 Å². The van der Waals surface area contributed by atoms with Crippen LogP contribution in [0.25, 0.3) is 0 Å². The van der Waals surface area contributed by atoms with Gasteiger partial charge in [-0.15, -0.1) is 0 Å². The molecule has 6 heteroatoms. The molecule has 0 bridgehead atoms. The zero-order valence-electron chi connectivity index (χ0n) is 18.5. The van der Waals surface area contributed by atoms with Gasteiger partial charge in [-0.05, 0) is 55.4 Å². The van der Waals surface area contributed by atoms with Crippen molar-refractivity contribution in [2.75, 3.05) is 11.4 Å². The minimum atomic E-state index is -1.13. The molecule has 2 aromatic carbocycles. The van der Waals surface area contributed by atoms with Gasteiger partial charge < -0.3 is 14.9 Å². The predicted molar refractivity (Wildman–Crippen MR) is 125 cm³/mol. The van der Waals surface area contributed by atoms with Crippen molar-refractivity contribution >= 4 is 23.5 Å². The number of amides is 2. The Morgan fingerprint density at radius 1 is 0.939 bits per heavy atom. The molecule has 3 atom stereocenters. The Morgan fingerprint density at radius 3 is 2.39 bits per heavy atom. The summed E-state index contributed by atoms with van der Waals surface area (Å²) in [6, 6.07) is 17.1. The summed E-state index contributed by atoms with van der Waals surface area (Å²) in [5.41, 5.74) is 2.49. The third-order valence-corrected chi connectivity index (χ3v) is 7.16. The summed E-state index contributed by atoms with van der Waals surface area (Å²) in [6.45, 7) is 0.623. The maximum atomic E-state index is 13.6. The van der Waals surface area contributed by atoms with E-state index in [1.54, 1.807) is 0 Å². The van der Waals surface area contributed by atoms with E-state index in [1.165, 1.54) is 6.08 Å². The van der Waals surface area contributed by atoms with E-state index < -0.39 is 5.97 Å². The lowest BCUT2D eigenvalue weighted by Gasteiger charge is -2.47. The highest BCUT2D eigenvalue weighted by Gasteiger charge is 2.49. The van der Waals surface area contributed by atoms with E-state index in [4.69, 9.17) is 5.11 Å². The largest absolute Gasteiger partial charge is 0.478 e. The number of fused-ring (bicyclic) bond motifs is 2. The highest BCUT2D eigenvalue weighted by molar-refractivity contribution is 6.07. The number of carboxylic acids is 1. The Hall–Kier alpha value is -3.41. The summed E-state index contributed by atoms with van der Waals surface area (Å²) in [7, 11) is 0. The summed E-state index contributed by atoms with van der Waals surface area (Å²) in [5.74, 6) is -0.823. The summed E-state index contributed by atoms with van der Waals surface area (Å²) in [6.07, 6.45) is 7.10. The van der Waals surface area contributed by atoms with Gasteiger partial charge in [0.2, 0.25) is 5.91 Å². The third-order valence-electron chi connectivity index (χ3n) is 7.16. The third kappa shape index (κ3) is 4.17. The van der Waals surface area contributed by atoms with Gasteiger partial charge in [0.15, 0.2) is 0 Å². The van der Waals surface area contributed by atoms with Crippen molar-refractivity contribution in [3.05, 3.63) is 77.9 Å². The molecule has 2 aliphatic carbocycles. The van der Waals surface area contributed by atoms with Crippen LogP contribution in [0.2, 0.25) is 0 Å². The Labute approximate surface area is 193 Å². The molecular weight excluding hydrogens is 416 g/mol. The number of carbonyl (C=O) groups is 3. The molecule has 0 spiro atoms. The molecule has 2 amide bonds. The van der Waals surface area contributed by atoms with Gasteiger partial charge in [0.25, 0.3) is 5.91 Å². The van der Waals surface area contributed by atoms with Crippen molar-refractivity contribution in [2.24, 2.45) is 11.8 Å². The minimum absolute atomic E-state index is 0.00978. The average Bonchev–Trinajstić information content (AvgIpc) is 3.53. The molecule has 2 fully saturated rings. The van der Waals surface area contributed by atoms with Crippen LogP contribution < -0.4 is 4.90 Å². The summed E-state index contributed by atoms with van der Waals surface area (Å²) < 4.78 is 0. The van der Waals surface area contributed by atoms with E-state index in [1.807, 2.05) is 64.4 Å². The molecule has 3 aliphatic rings. The molecule has 5 rings (SSSR count). The molecule has 0 radical (unpaired) electrons. The first-order valence-electron chi connectivity index (χ1n) is 11.7. The summed E-state index contributed by atoms with van der Waals surface area (Å²) >= 11 is 0. The van der Waals surface area contributed by atoms with E-state index in [-0.39, 0.29) is 29.8 Å². The molecule has 1 heterocycles. The maximum absolute atomic E-state index is 13.6. The van der Waals surface area contributed by atoms with Gasteiger partial charge in [-0.1, -0.05) is 42.8 Å². The van der Waals surface area contributed by atoms with Crippen LogP contribution in [0.15, 0.2) is 66.7 Å². The van der Waals surface area contributed by atoms with Crippen LogP contribution in [0.3, 0.4) is 0 Å². The SMILES string of the molecule is O=C(O)/C=C/C(=O)N(CC1CC1)C1c2ccccc2N(C(=O)c2ccccc2)C2CCCC12. The molecule has 2 saturated carbocycles. The van der Waals surface area contributed by atoms with Crippen LogP contribution >= 0.6 is 0 Å². The van der Waals surface area contributed by atoms with Crippen LogP contribution in [0, 0.1) is 11.8 Å². The Bertz CT molecular complexity index is 1090. The number of carbonyl (C=O) groups excluding carboxylic acids is 2. The molecule has 1 N–H and O–H groups in total. The molecule has 170 valence electrons. The highest BCUT2D eigenvalue weighted by Crippen LogP contribution is 2.51. The fourth-order valence-electron chi connectivity index (χ4n) is 5.56. The molecule has 0 saturated heterocycles. The molecule has 6 nitrogen and oxygen atoms in total. The second-order valence-electron chi connectivity index (χ2n) is 9.31. The zero-order chi connectivity index (χ0) is 22.9. The molecule has 1 aliphatic heterocycles. The number of para-hydroxylation sites is 1. The Kier molecular flexibility index (Phi) is 5.75. The van der Waals surface area contributed by atoms with E-state index >= 15 is 0 Å². The topological polar surface area (TPSA) is 77.9 Å². The smallest absolute Gasteiger partial charge is 0.328 e. The maximum Gasteiger partial charge on any atom is 0.328 e. The fraction of sp³-hybridized carbons (Fsp3) is 0.370. The molecular formula is C27H28N2O4. The Morgan fingerprint density at radius 2 is 1.67 bits per heavy atom. The first kappa shape index (κ1) is 21.4. The van der Waals surface area contributed by atoms with Crippen molar-refractivity contribution in [2.45, 2.75) is 44.2 Å². The zero-order valence-corrected chi connectivity index (χ0v) is 18.5. The molecule has 3 unspecified atom stereocenters. The second kappa shape index (κ2) is 8.85. The number of carboxylic acid groups (broad SMARTS) is 1. The number of benzene rings is 2. The standard InChI is InChI=1S/C27H28N2O4/c30-24(15-16-25(31)32)28(17-18-13-14-18)26-20-9-4-5-11-22(20)29(23-12-6-10-21(23)26)27(33)19-7-2-1-3-8-19/h1-5,7-9,11,15-16,18,21,23,26H,6,10,12-14,17H2,(H,31,32)/b16-15+. The lowest BCUT2D eigenvalue weighted by atomic mass is 9.81. The molecule has 2 aromatic rings. The molecule has 0 aromatic heterocycles. The van der Waals surface area contributed by atoms with Crippen LogP contribution in [0.4, 0.5) is 5.69 Å². The quantitative estimate of drug-likeness (QED) is 0.669. The van der Waals surface area contributed by atoms with Crippen LogP contribution in [0.5, 0.6) is 0 Å². The number of aliphatic carboxylic acids is 1. The first-order chi connectivity index (χ1) is 16.0. The summed E-state index contributed by atoms with van der Waals surface area (Å²) in [4.78, 5) is 41.8. The average molecular weight is 445 g/mol. The fourth-order valence-corrected chi connectivity index (χ4v) is 5.56. The van der Waals surface area contributed by atoms with Gasteiger partial charge in [0, 0.05) is 41.9 Å². The van der Waals surface area contributed by atoms with Crippen molar-refractivity contribution in [3.8, 4) is 0 Å². The summed E-state index contributed by atoms with van der Waals surface area (Å²) in [5, 5.41) is 9.06. The number of nitrogens with zero attached hydrogens (tertiary/aromatic N) is 2. The van der Waals surface area contributed by atoms with Crippen molar-refractivity contribution in [1.82, 2.24) is 4.90 Å². The number of hydrogen-bond donors (Lipinski definition) is 1. The van der Waals surface area contributed by atoms with Gasteiger partial charge in [0.1, 0.15) is 0 Å². The van der Waals surface area contributed by atoms with Crippen molar-refractivity contribution in [1.29, 1.82) is 0 Å². The highest BCUT2D eigenvalue weighted by atomic mass is 16.4. The van der Waals surface area contributed by atoms with E-state index in [2.05, 4.69) is 0 Å². The van der Waals surface area contributed by atoms with Gasteiger partial charge in [-0.2, -0.15) is 0 Å². The van der Waals surface area contributed by atoms with Gasteiger partial charge in [0.05, 0.1) is 6.04 Å². The van der Waals surface area contributed by atoms with E-state index in [0.29, 0.717) is 18.0 Å². The van der Waals surface area contributed by atoms with Gasteiger partial charge in [-0.3, -0.25) is 9.59 Å². The molecule has 33 heavy (non-hydrogen) atoms. The predicted octanol–water partition coefficient (Wildman–Crippen LogP) is 4.44. The monoisotopic (exact) mass is 444 g/mol. The van der Waals surface area contributed by atoms with Crippen molar-refractivity contribution < 1.29 is 19.5 Å². The van der Waals surface area contributed by atoms with E-state index in [0.717, 1.165) is 49.4 Å².